The molecule has 0 aliphatic heterocycles. The number of anilines is 1. The van der Waals surface area contributed by atoms with E-state index in [4.69, 9.17) is 4.98 Å². The van der Waals surface area contributed by atoms with Gasteiger partial charge < -0.3 is 5.32 Å². The number of rotatable bonds is 4. The molecule has 0 fully saturated rings. The second-order valence-electron chi connectivity index (χ2n) is 4.91. The number of nitrogens with zero attached hydrogens (tertiary/aromatic N) is 2. The van der Waals surface area contributed by atoms with Gasteiger partial charge >= 0.3 is 0 Å². The van der Waals surface area contributed by atoms with Crippen LogP contribution in [0, 0.1) is 3.57 Å². The Hall–Kier alpha value is -0.210. The van der Waals surface area contributed by atoms with Crippen LogP contribution in [0.2, 0.25) is 0 Å². The first-order valence-corrected chi connectivity index (χ1v) is 9.37. The second kappa shape index (κ2) is 7.37. The lowest BCUT2D eigenvalue weighted by atomic mass is 10.1. The molecular formula is C15H16Br2IN3. The van der Waals surface area contributed by atoms with Crippen LogP contribution < -0.4 is 5.32 Å². The summed E-state index contributed by atoms with van der Waals surface area (Å²) in [4.78, 5) is 9.44. The standard InChI is InChI=1S/C15H16Br2IN3/c1-4-19-15-12(18)13(8(2)3)20-14(21-15)9-5-6-10(16)11(17)7-9/h5-8H,4H2,1-3H3,(H,19,20,21). The van der Waals surface area contributed by atoms with Crippen molar-refractivity contribution in [2.75, 3.05) is 11.9 Å². The summed E-state index contributed by atoms with van der Waals surface area (Å²) in [5.74, 6) is 2.02. The molecule has 112 valence electrons. The molecule has 3 nitrogen and oxygen atoms in total. The molecule has 1 N–H and O–H groups in total. The summed E-state index contributed by atoms with van der Waals surface area (Å²) in [5, 5.41) is 3.33. The summed E-state index contributed by atoms with van der Waals surface area (Å²) in [6, 6.07) is 6.06. The maximum atomic E-state index is 4.76. The molecule has 0 spiro atoms. The summed E-state index contributed by atoms with van der Waals surface area (Å²) in [6.07, 6.45) is 0. The lowest BCUT2D eigenvalue weighted by molar-refractivity contribution is 0.808. The van der Waals surface area contributed by atoms with Crippen molar-refractivity contribution >= 4 is 60.3 Å². The van der Waals surface area contributed by atoms with E-state index in [1.165, 1.54) is 0 Å². The van der Waals surface area contributed by atoms with Gasteiger partial charge in [-0.2, -0.15) is 0 Å². The van der Waals surface area contributed by atoms with Crippen molar-refractivity contribution in [2.24, 2.45) is 0 Å². The maximum Gasteiger partial charge on any atom is 0.161 e. The van der Waals surface area contributed by atoms with Gasteiger partial charge in [-0.3, -0.25) is 0 Å². The fraction of sp³-hybridized carbons (Fsp3) is 0.333. The van der Waals surface area contributed by atoms with Crippen molar-refractivity contribution in [3.63, 3.8) is 0 Å². The molecule has 1 aromatic heterocycles. The zero-order valence-corrected chi connectivity index (χ0v) is 17.4. The average Bonchev–Trinajstić information content (AvgIpc) is 2.44. The second-order valence-corrected chi connectivity index (χ2v) is 7.70. The highest BCUT2D eigenvalue weighted by atomic mass is 127. The molecular weight excluding hydrogens is 509 g/mol. The molecule has 0 radical (unpaired) electrons. The Bertz CT molecular complexity index is 660. The molecule has 0 aliphatic rings. The number of halogens is 3. The van der Waals surface area contributed by atoms with E-state index in [1.807, 2.05) is 18.2 Å². The fourth-order valence-electron chi connectivity index (χ4n) is 1.90. The van der Waals surface area contributed by atoms with Crippen molar-refractivity contribution < 1.29 is 0 Å². The summed E-state index contributed by atoms with van der Waals surface area (Å²) >= 11 is 9.35. The van der Waals surface area contributed by atoms with Gasteiger partial charge in [0.15, 0.2) is 5.82 Å². The van der Waals surface area contributed by atoms with Gasteiger partial charge in [0.2, 0.25) is 0 Å². The molecule has 0 bridgehead atoms. The molecule has 1 heterocycles. The fourth-order valence-corrected chi connectivity index (χ4v) is 3.58. The summed E-state index contributed by atoms with van der Waals surface area (Å²) in [7, 11) is 0. The van der Waals surface area contributed by atoms with Crippen molar-refractivity contribution in [3.8, 4) is 11.4 Å². The molecule has 0 saturated heterocycles. The molecule has 0 aliphatic carbocycles. The van der Waals surface area contributed by atoms with E-state index >= 15 is 0 Å². The van der Waals surface area contributed by atoms with E-state index in [9.17, 15) is 0 Å². The van der Waals surface area contributed by atoms with Crippen LogP contribution in [0.4, 0.5) is 5.82 Å². The zero-order chi connectivity index (χ0) is 15.6. The van der Waals surface area contributed by atoms with Crippen LogP contribution in [0.1, 0.15) is 32.4 Å². The molecule has 0 saturated carbocycles. The van der Waals surface area contributed by atoms with Crippen molar-refractivity contribution in [1.82, 2.24) is 9.97 Å². The summed E-state index contributed by atoms with van der Waals surface area (Å²) in [5.41, 5.74) is 2.08. The molecule has 2 rings (SSSR count). The number of hydrogen-bond donors (Lipinski definition) is 1. The minimum Gasteiger partial charge on any atom is -0.369 e. The number of hydrogen-bond acceptors (Lipinski definition) is 3. The Balaban J connectivity index is 2.59. The van der Waals surface area contributed by atoms with E-state index in [2.05, 4.69) is 85.5 Å². The minimum atomic E-state index is 0.356. The predicted octanol–water partition coefficient (Wildman–Crippen LogP) is 5.83. The molecule has 2 aromatic rings. The van der Waals surface area contributed by atoms with Crippen molar-refractivity contribution in [3.05, 3.63) is 36.4 Å². The summed E-state index contributed by atoms with van der Waals surface area (Å²) < 4.78 is 3.12. The molecule has 21 heavy (non-hydrogen) atoms. The van der Waals surface area contributed by atoms with Crippen LogP contribution in [0.3, 0.4) is 0 Å². The first-order chi connectivity index (χ1) is 9.93. The molecule has 6 heteroatoms. The number of nitrogens with one attached hydrogen (secondary N) is 1. The third-order valence-electron chi connectivity index (χ3n) is 2.95. The first kappa shape index (κ1) is 17.1. The quantitative estimate of drug-likeness (QED) is 0.511. The van der Waals surface area contributed by atoms with Crippen molar-refractivity contribution in [2.45, 2.75) is 26.7 Å². The van der Waals surface area contributed by atoms with Crippen LogP contribution in [-0.4, -0.2) is 16.5 Å². The summed E-state index contributed by atoms with van der Waals surface area (Å²) in [6.45, 7) is 7.22. The van der Waals surface area contributed by atoms with Gasteiger partial charge in [0.25, 0.3) is 0 Å². The van der Waals surface area contributed by atoms with Crippen LogP contribution in [0.25, 0.3) is 11.4 Å². The van der Waals surface area contributed by atoms with Gasteiger partial charge in [-0.05, 0) is 85.5 Å². The number of benzene rings is 1. The Kier molecular flexibility index (Phi) is 6.02. The monoisotopic (exact) mass is 523 g/mol. The molecule has 0 unspecified atom stereocenters. The smallest absolute Gasteiger partial charge is 0.161 e. The Labute approximate surface area is 155 Å². The maximum absolute atomic E-state index is 4.76. The van der Waals surface area contributed by atoms with Crippen LogP contribution in [0.15, 0.2) is 27.1 Å². The molecule has 1 aromatic carbocycles. The zero-order valence-electron chi connectivity index (χ0n) is 12.0. The highest BCUT2D eigenvalue weighted by Crippen LogP contribution is 2.31. The average molecular weight is 525 g/mol. The topological polar surface area (TPSA) is 37.8 Å². The van der Waals surface area contributed by atoms with Gasteiger partial charge in [0.05, 0.1) is 9.26 Å². The largest absolute Gasteiger partial charge is 0.369 e. The number of aromatic nitrogens is 2. The van der Waals surface area contributed by atoms with Crippen LogP contribution >= 0.6 is 54.5 Å². The van der Waals surface area contributed by atoms with Gasteiger partial charge in [0.1, 0.15) is 5.82 Å². The predicted molar refractivity (Wildman–Crippen MR) is 104 cm³/mol. The lowest BCUT2D eigenvalue weighted by Crippen LogP contribution is -2.09. The normalized spacial score (nSPS) is 11.0. The third kappa shape index (κ3) is 3.96. The SMILES string of the molecule is CCNc1nc(-c2ccc(Br)c(Br)c2)nc(C(C)C)c1I. The van der Waals surface area contributed by atoms with Crippen molar-refractivity contribution in [1.29, 1.82) is 0 Å². The van der Waals surface area contributed by atoms with E-state index < -0.39 is 0 Å². The van der Waals surface area contributed by atoms with Gasteiger partial charge in [0, 0.05) is 21.1 Å². The van der Waals surface area contributed by atoms with Crippen LogP contribution in [-0.2, 0) is 0 Å². The Morgan fingerprint density at radius 1 is 1.19 bits per heavy atom. The third-order valence-corrected chi connectivity index (χ3v) is 5.89. The van der Waals surface area contributed by atoms with Gasteiger partial charge in [-0.25, -0.2) is 9.97 Å². The highest BCUT2D eigenvalue weighted by molar-refractivity contribution is 14.1. The first-order valence-electron chi connectivity index (χ1n) is 6.70. The van der Waals surface area contributed by atoms with Gasteiger partial charge in [-0.15, -0.1) is 0 Å². The van der Waals surface area contributed by atoms with E-state index in [0.717, 1.165) is 42.0 Å². The minimum absolute atomic E-state index is 0.356. The van der Waals surface area contributed by atoms with Crippen LogP contribution in [0.5, 0.6) is 0 Å². The Morgan fingerprint density at radius 3 is 2.48 bits per heavy atom. The van der Waals surface area contributed by atoms with E-state index in [1.54, 1.807) is 0 Å². The Morgan fingerprint density at radius 2 is 1.90 bits per heavy atom. The highest BCUT2D eigenvalue weighted by Gasteiger charge is 2.16. The van der Waals surface area contributed by atoms with E-state index in [0.29, 0.717) is 5.92 Å². The molecule has 0 atom stereocenters. The van der Waals surface area contributed by atoms with Gasteiger partial charge in [-0.1, -0.05) is 13.8 Å². The molecule has 0 amide bonds. The van der Waals surface area contributed by atoms with E-state index in [-0.39, 0.29) is 0 Å². The lowest BCUT2D eigenvalue weighted by Gasteiger charge is -2.14.